The van der Waals surface area contributed by atoms with Crippen molar-refractivity contribution in [2.75, 3.05) is 13.1 Å². The van der Waals surface area contributed by atoms with Gasteiger partial charge in [0.1, 0.15) is 23.6 Å². The molecule has 0 saturated carbocycles. The van der Waals surface area contributed by atoms with Crippen molar-refractivity contribution in [1.29, 1.82) is 0 Å². The predicted molar refractivity (Wildman–Crippen MR) is 159 cm³/mol. The van der Waals surface area contributed by atoms with Crippen LogP contribution in [-0.4, -0.2) is 71.4 Å². The molecule has 0 spiro atoms. The lowest BCUT2D eigenvalue weighted by Gasteiger charge is -2.28. The Hall–Kier alpha value is -4.39. The molecule has 2 fully saturated rings. The van der Waals surface area contributed by atoms with E-state index in [1.165, 1.54) is 28.5 Å². The van der Waals surface area contributed by atoms with Crippen LogP contribution in [0.5, 0.6) is 11.5 Å². The highest BCUT2D eigenvalue weighted by Crippen LogP contribution is 2.34. The van der Waals surface area contributed by atoms with E-state index >= 15 is 0 Å². The van der Waals surface area contributed by atoms with Crippen LogP contribution in [0, 0.1) is 0 Å². The molecule has 2 aromatic heterocycles. The molecule has 6 rings (SSSR count). The Bertz CT molecular complexity index is 1720. The number of amides is 2. The van der Waals surface area contributed by atoms with Crippen LogP contribution >= 0.6 is 11.3 Å². The number of para-hydroxylation sites is 1. The summed E-state index contributed by atoms with van der Waals surface area (Å²) in [6.45, 7) is -0.145. The van der Waals surface area contributed by atoms with Crippen molar-refractivity contribution >= 4 is 39.0 Å². The Morgan fingerprint density at radius 1 is 0.977 bits per heavy atom. The summed E-state index contributed by atoms with van der Waals surface area (Å²) in [5, 5.41) is 4.61. The molecule has 220 valence electrons. The third-order valence-electron chi connectivity index (χ3n) is 7.56. The number of carbonyl (C=O) groups excluding carboxylic acids is 3. The van der Waals surface area contributed by atoms with Crippen LogP contribution in [0.25, 0.3) is 0 Å². The molecule has 0 radical (unpaired) electrons. The number of thiophene rings is 1. The summed E-state index contributed by atoms with van der Waals surface area (Å²) >= 11 is 1.46. The highest BCUT2D eigenvalue weighted by molar-refractivity contribution is 7.89. The molecule has 2 saturated heterocycles. The smallest absolute Gasteiger partial charge is 0.261 e. The van der Waals surface area contributed by atoms with Gasteiger partial charge in [-0.2, -0.15) is 4.31 Å². The van der Waals surface area contributed by atoms with Gasteiger partial charge < -0.3 is 15.0 Å². The topological polar surface area (TPSA) is 126 Å². The van der Waals surface area contributed by atoms with Gasteiger partial charge in [0, 0.05) is 29.6 Å². The minimum atomic E-state index is -4.03. The molecule has 10 nitrogen and oxygen atoms in total. The minimum absolute atomic E-state index is 0.142. The second kappa shape index (κ2) is 12.1. The number of sulfonamides is 1. The number of likely N-dealkylation sites (tertiary alicyclic amines) is 1. The van der Waals surface area contributed by atoms with Gasteiger partial charge in [-0.05, 0) is 66.4 Å². The first kappa shape index (κ1) is 28.7. The molecule has 3 unspecified atom stereocenters. The molecule has 2 aromatic carbocycles. The number of rotatable bonds is 9. The van der Waals surface area contributed by atoms with Crippen molar-refractivity contribution in [3.8, 4) is 11.5 Å². The summed E-state index contributed by atoms with van der Waals surface area (Å²) in [5.41, 5.74) is 0.341. The number of aromatic nitrogens is 1. The highest BCUT2D eigenvalue weighted by Gasteiger charge is 2.54. The minimum Gasteiger partial charge on any atom is -0.457 e. The fourth-order valence-corrected chi connectivity index (χ4v) is 7.84. The normalized spacial score (nSPS) is 19.2. The Morgan fingerprint density at radius 2 is 1.72 bits per heavy atom. The van der Waals surface area contributed by atoms with Crippen LogP contribution < -0.4 is 10.1 Å². The van der Waals surface area contributed by atoms with Gasteiger partial charge in [0.05, 0.1) is 12.6 Å². The van der Waals surface area contributed by atoms with E-state index in [0.717, 1.165) is 9.18 Å². The SMILES string of the molecule is O=C(NC(Cc1cccs1)C(=O)N1CCC2C1C(=O)CN2S(=O)(=O)c1ccccn1)c1ccc(Oc2ccccc2)cc1. The van der Waals surface area contributed by atoms with E-state index in [-0.39, 0.29) is 30.3 Å². The molecule has 1 N–H and O–H groups in total. The summed E-state index contributed by atoms with van der Waals surface area (Å²) < 4.78 is 33.6. The Labute approximate surface area is 253 Å². The zero-order valence-corrected chi connectivity index (χ0v) is 24.5. The highest BCUT2D eigenvalue weighted by atomic mass is 32.2. The van der Waals surface area contributed by atoms with E-state index in [4.69, 9.17) is 4.74 Å². The summed E-state index contributed by atoms with van der Waals surface area (Å²) in [7, 11) is -4.03. The number of hydrogen-bond acceptors (Lipinski definition) is 8. The maximum atomic E-state index is 14.0. The number of hydrogen-bond donors (Lipinski definition) is 1. The molecule has 2 aliphatic heterocycles. The fourth-order valence-electron chi connectivity index (χ4n) is 5.53. The number of carbonyl (C=O) groups is 3. The number of fused-ring (bicyclic) bond motifs is 1. The van der Waals surface area contributed by atoms with Crippen LogP contribution in [0.4, 0.5) is 0 Å². The van der Waals surface area contributed by atoms with Gasteiger partial charge in [-0.25, -0.2) is 13.4 Å². The van der Waals surface area contributed by atoms with Crippen molar-refractivity contribution in [3.63, 3.8) is 0 Å². The molecule has 0 aliphatic carbocycles. The molecule has 0 bridgehead atoms. The monoisotopic (exact) mass is 616 g/mol. The second-order valence-electron chi connectivity index (χ2n) is 10.3. The Kier molecular flexibility index (Phi) is 8.06. The molecular weight excluding hydrogens is 588 g/mol. The zero-order valence-electron chi connectivity index (χ0n) is 22.9. The lowest BCUT2D eigenvalue weighted by atomic mass is 10.1. The van der Waals surface area contributed by atoms with E-state index in [0.29, 0.717) is 23.5 Å². The average Bonchev–Trinajstić information content (AvgIpc) is 3.77. The van der Waals surface area contributed by atoms with Crippen LogP contribution in [0.3, 0.4) is 0 Å². The van der Waals surface area contributed by atoms with Crippen LogP contribution in [0.1, 0.15) is 21.7 Å². The number of nitrogens with one attached hydrogen (secondary N) is 1. The number of Topliss-reactive ketones (excluding diaryl/α,β-unsaturated/α-hetero) is 1. The quantitative estimate of drug-likeness (QED) is 0.305. The third-order valence-corrected chi connectivity index (χ3v) is 10.2. The standard InChI is InChI=1S/C31H28N4O6S2/c36-27-20-35(43(39,40)28-10-4-5-16-32-28)26-15-17-34(29(26)27)31(38)25(19-24-9-6-18-42-24)33-30(37)21-11-13-23(14-12-21)41-22-7-2-1-3-8-22/h1-14,16,18,25-26,29H,15,17,19-20H2,(H,33,37). The molecule has 4 aromatic rings. The van der Waals surface area contributed by atoms with Gasteiger partial charge in [-0.15, -0.1) is 11.3 Å². The maximum absolute atomic E-state index is 14.0. The van der Waals surface area contributed by atoms with Crippen molar-refractivity contribution < 1.29 is 27.5 Å². The average molecular weight is 617 g/mol. The number of ether oxygens (including phenoxy) is 1. The van der Waals surface area contributed by atoms with Crippen LogP contribution in [0.2, 0.25) is 0 Å². The number of ketones is 1. The predicted octanol–water partition coefficient (Wildman–Crippen LogP) is 3.52. The van der Waals surface area contributed by atoms with E-state index in [9.17, 15) is 22.8 Å². The van der Waals surface area contributed by atoms with Gasteiger partial charge in [0.15, 0.2) is 10.8 Å². The third kappa shape index (κ3) is 5.94. The maximum Gasteiger partial charge on any atom is 0.261 e. The number of pyridine rings is 1. The molecule has 12 heteroatoms. The van der Waals surface area contributed by atoms with Crippen LogP contribution in [0.15, 0.2) is 102 Å². The largest absolute Gasteiger partial charge is 0.457 e. The lowest BCUT2D eigenvalue weighted by Crippen LogP contribution is -2.53. The fraction of sp³-hybridized carbons (Fsp3) is 0.226. The summed E-state index contributed by atoms with van der Waals surface area (Å²) in [6, 6.07) is 21.6. The van der Waals surface area contributed by atoms with Gasteiger partial charge in [-0.1, -0.05) is 30.3 Å². The first-order chi connectivity index (χ1) is 20.8. The second-order valence-corrected chi connectivity index (χ2v) is 13.1. The van der Waals surface area contributed by atoms with Crippen molar-refractivity contribution in [1.82, 2.24) is 19.5 Å². The van der Waals surface area contributed by atoms with Crippen molar-refractivity contribution in [2.45, 2.75) is 36.0 Å². The van der Waals surface area contributed by atoms with Gasteiger partial charge in [0.25, 0.3) is 15.9 Å². The van der Waals surface area contributed by atoms with Crippen LogP contribution in [-0.2, 0) is 26.0 Å². The summed E-state index contributed by atoms with van der Waals surface area (Å²) in [4.78, 5) is 46.8. The molecular formula is C31H28N4O6S2. The van der Waals surface area contributed by atoms with E-state index in [1.807, 2.05) is 47.8 Å². The number of nitrogens with zero attached hydrogens (tertiary/aromatic N) is 3. The molecule has 2 amide bonds. The Balaban J connectivity index is 1.19. The Morgan fingerprint density at radius 3 is 2.42 bits per heavy atom. The summed E-state index contributed by atoms with van der Waals surface area (Å²) in [5.74, 6) is -0.0107. The molecule has 43 heavy (non-hydrogen) atoms. The summed E-state index contributed by atoms with van der Waals surface area (Å²) in [6.07, 6.45) is 1.92. The van der Waals surface area contributed by atoms with Crippen molar-refractivity contribution in [3.05, 3.63) is 107 Å². The molecule has 4 heterocycles. The van der Waals surface area contributed by atoms with Crippen molar-refractivity contribution in [2.24, 2.45) is 0 Å². The van der Waals surface area contributed by atoms with E-state index < -0.39 is 40.0 Å². The first-order valence-corrected chi connectivity index (χ1v) is 16.1. The van der Waals surface area contributed by atoms with Gasteiger partial charge >= 0.3 is 0 Å². The lowest BCUT2D eigenvalue weighted by molar-refractivity contribution is -0.138. The molecule has 3 atom stereocenters. The number of benzene rings is 2. The van der Waals surface area contributed by atoms with Gasteiger partial charge in [-0.3, -0.25) is 14.4 Å². The van der Waals surface area contributed by atoms with E-state index in [2.05, 4.69) is 10.3 Å². The van der Waals surface area contributed by atoms with Gasteiger partial charge in [0.2, 0.25) is 5.91 Å². The van der Waals surface area contributed by atoms with E-state index in [1.54, 1.807) is 36.4 Å². The molecule has 2 aliphatic rings. The zero-order chi connectivity index (χ0) is 30.0. The first-order valence-electron chi connectivity index (χ1n) is 13.7.